The van der Waals surface area contributed by atoms with Crippen LogP contribution in [0, 0.1) is 17.0 Å². The monoisotopic (exact) mass is 289 g/mol. The summed E-state index contributed by atoms with van der Waals surface area (Å²) >= 11 is 0. The minimum atomic E-state index is -0.496. The first-order valence-corrected chi connectivity index (χ1v) is 6.21. The molecule has 1 aromatic carbocycles. The highest BCUT2D eigenvalue weighted by molar-refractivity contribution is 5.50. The number of pyridine rings is 1. The number of aryl methyl sites for hydroxylation is 1. The summed E-state index contributed by atoms with van der Waals surface area (Å²) in [5.74, 6) is 0.985. The molecule has 0 amide bonds. The van der Waals surface area contributed by atoms with Crippen molar-refractivity contribution >= 4 is 5.69 Å². The number of nitro groups is 1. The Hall–Kier alpha value is -2.67. The predicted molar refractivity (Wildman–Crippen MR) is 76.6 cm³/mol. The lowest BCUT2D eigenvalue weighted by Gasteiger charge is -2.11. The molecule has 0 aliphatic carbocycles. The Labute approximate surface area is 121 Å². The SMILES string of the molecule is COc1ccc([N+](=O)[O-])cc1Oc1ncc(CN)cc1C. The molecule has 110 valence electrons. The third-order valence-corrected chi connectivity index (χ3v) is 2.89. The first-order valence-electron chi connectivity index (χ1n) is 6.21. The number of aromatic nitrogens is 1. The van der Waals surface area contributed by atoms with Crippen molar-refractivity contribution in [3.63, 3.8) is 0 Å². The molecule has 0 saturated heterocycles. The molecule has 0 aliphatic heterocycles. The molecule has 7 heteroatoms. The Morgan fingerprint density at radius 1 is 1.33 bits per heavy atom. The largest absolute Gasteiger partial charge is 0.493 e. The van der Waals surface area contributed by atoms with Gasteiger partial charge in [0, 0.05) is 24.4 Å². The van der Waals surface area contributed by atoms with Crippen molar-refractivity contribution < 1.29 is 14.4 Å². The summed E-state index contributed by atoms with van der Waals surface area (Å²) in [6, 6.07) is 5.99. The van der Waals surface area contributed by atoms with Crippen molar-refractivity contribution in [2.75, 3.05) is 7.11 Å². The van der Waals surface area contributed by atoms with Crippen LogP contribution >= 0.6 is 0 Å². The standard InChI is InChI=1S/C14H15N3O4/c1-9-5-10(7-15)8-16-14(9)21-13-6-11(17(18)19)3-4-12(13)20-2/h3-6,8H,7,15H2,1-2H3. The Morgan fingerprint density at radius 3 is 2.67 bits per heavy atom. The van der Waals surface area contributed by atoms with Crippen LogP contribution in [0.2, 0.25) is 0 Å². The molecule has 1 heterocycles. The van der Waals surface area contributed by atoms with E-state index in [0.29, 0.717) is 18.2 Å². The molecule has 0 unspecified atom stereocenters. The highest BCUT2D eigenvalue weighted by Crippen LogP contribution is 2.35. The third-order valence-electron chi connectivity index (χ3n) is 2.89. The van der Waals surface area contributed by atoms with Crippen molar-refractivity contribution in [2.24, 2.45) is 5.73 Å². The molecule has 0 fully saturated rings. The van der Waals surface area contributed by atoms with Crippen molar-refractivity contribution in [2.45, 2.75) is 13.5 Å². The maximum Gasteiger partial charge on any atom is 0.273 e. The van der Waals surface area contributed by atoms with Gasteiger partial charge < -0.3 is 15.2 Å². The first kappa shape index (κ1) is 14.7. The van der Waals surface area contributed by atoms with Gasteiger partial charge in [-0.1, -0.05) is 0 Å². The Bertz CT molecular complexity index is 673. The van der Waals surface area contributed by atoms with Gasteiger partial charge in [-0.2, -0.15) is 0 Å². The lowest BCUT2D eigenvalue weighted by atomic mass is 10.2. The van der Waals surface area contributed by atoms with Crippen LogP contribution in [0.25, 0.3) is 0 Å². The highest BCUT2D eigenvalue weighted by atomic mass is 16.6. The molecule has 0 spiro atoms. The van der Waals surface area contributed by atoms with Crippen LogP contribution in [0.3, 0.4) is 0 Å². The lowest BCUT2D eigenvalue weighted by Crippen LogP contribution is -2.00. The van der Waals surface area contributed by atoms with Gasteiger partial charge in [-0.25, -0.2) is 4.98 Å². The maximum absolute atomic E-state index is 10.8. The van der Waals surface area contributed by atoms with Gasteiger partial charge >= 0.3 is 0 Å². The topological polar surface area (TPSA) is 101 Å². The van der Waals surface area contributed by atoms with Gasteiger partial charge in [-0.05, 0) is 24.6 Å². The Morgan fingerprint density at radius 2 is 2.10 bits per heavy atom. The molecule has 2 aromatic rings. The second-order valence-electron chi connectivity index (χ2n) is 4.36. The van der Waals surface area contributed by atoms with E-state index in [9.17, 15) is 10.1 Å². The lowest BCUT2D eigenvalue weighted by molar-refractivity contribution is -0.384. The zero-order valence-electron chi connectivity index (χ0n) is 11.7. The minimum Gasteiger partial charge on any atom is -0.493 e. The maximum atomic E-state index is 10.8. The van der Waals surface area contributed by atoms with Crippen LogP contribution in [-0.4, -0.2) is 17.0 Å². The van der Waals surface area contributed by atoms with Crippen LogP contribution in [0.4, 0.5) is 5.69 Å². The fourth-order valence-corrected chi connectivity index (χ4v) is 1.80. The minimum absolute atomic E-state index is 0.0815. The van der Waals surface area contributed by atoms with E-state index in [1.165, 1.54) is 25.3 Å². The molecule has 0 aliphatic rings. The van der Waals surface area contributed by atoms with Crippen LogP contribution in [0.15, 0.2) is 30.5 Å². The molecule has 1 aromatic heterocycles. The number of non-ortho nitro benzene ring substituents is 1. The fraction of sp³-hybridized carbons (Fsp3) is 0.214. The second-order valence-corrected chi connectivity index (χ2v) is 4.36. The van der Waals surface area contributed by atoms with E-state index in [1.54, 1.807) is 6.20 Å². The van der Waals surface area contributed by atoms with E-state index >= 15 is 0 Å². The van der Waals surface area contributed by atoms with Crippen LogP contribution in [0.1, 0.15) is 11.1 Å². The van der Waals surface area contributed by atoms with Gasteiger partial charge in [0.2, 0.25) is 5.88 Å². The van der Waals surface area contributed by atoms with Crippen LogP contribution in [0.5, 0.6) is 17.4 Å². The molecule has 0 radical (unpaired) electrons. The average Bonchev–Trinajstić information content (AvgIpc) is 2.49. The molecule has 21 heavy (non-hydrogen) atoms. The summed E-state index contributed by atoms with van der Waals surface area (Å²) in [5, 5.41) is 10.8. The Balaban J connectivity index is 2.38. The molecule has 2 rings (SSSR count). The molecule has 0 bridgehead atoms. The Kier molecular flexibility index (Phi) is 4.34. The summed E-state index contributed by atoms with van der Waals surface area (Å²) in [4.78, 5) is 14.5. The number of ether oxygens (including phenoxy) is 2. The van der Waals surface area contributed by atoms with Gasteiger partial charge in [-0.15, -0.1) is 0 Å². The van der Waals surface area contributed by atoms with E-state index in [2.05, 4.69) is 4.98 Å². The number of rotatable bonds is 5. The first-order chi connectivity index (χ1) is 10.0. The van der Waals surface area contributed by atoms with Gasteiger partial charge in [-0.3, -0.25) is 10.1 Å². The second kappa shape index (κ2) is 6.19. The van der Waals surface area contributed by atoms with Gasteiger partial charge in [0.15, 0.2) is 11.5 Å². The number of hydrogen-bond donors (Lipinski definition) is 1. The quantitative estimate of drug-likeness (QED) is 0.670. The van der Waals surface area contributed by atoms with Crippen molar-refractivity contribution in [3.8, 4) is 17.4 Å². The number of nitro benzene ring substituents is 1. The predicted octanol–water partition coefficient (Wildman–Crippen LogP) is 2.56. The molecule has 0 saturated carbocycles. The third kappa shape index (κ3) is 3.26. The number of methoxy groups -OCH3 is 1. The zero-order chi connectivity index (χ0) is 15.4. The number of nitrogens with two attached hydrogens (primary N) is 1. The summed E-state index contributed by atoms with van der Waals surface area (Å²) in [6.45, 7) is 2.21. The van der Waals surface area contributed by atoms with Crippen LogP contribution in [-0.2, 0) is 6.54 Å². The van der Waals surface area contributed by atoms with Crippen LogP contribution < -0.4 is 15.2 Å². The van der Waals surface area contributed by atoms with Crippen molar-refractivity contribution in [1.82, 2.24) is 4.98 Å². The smallest absolute Gasteiger partial charge is 0.273 e. The normalized spacial score (nSPS) is 10.2. The van der Waals surface area contributed by atoms with E-state index in [4.69, 9.17) is 15.2 Å². The number of hydrogen-bond acceptors (Lipinski definition) is 6. The van der Waals surface area contributed by atoms with Gasteiger partial charge in [0.25, 0.3) is 5.69 Å². The summed E-state index contributed by atoms with van der Waals surface area (Å²) in [7, 11) is 1.46. The zero-order valence-corrected chi connectivity index (χ0v) is 11.7. The highest BCUT2D eigenvalue weighted by Gasteiger charge is 2.14. The van der Waals surface area contributed by atoms with Crippen molar-refractivity contribution in [1.29, 1.82) is 0 Å². The molecular weight excluding hydrogens is 274 g/mol. The van der Waals surface area contributed by atoms with E-state index < -0.39 is 4.92 Å². The summed E-state index contributed by atoms with van der Waals surface area (Å²) < 4.78 is 10.8. The average molecular weight is 289 g/mol. The van der Waals surface area contributed by atoms with Crippen molar-refractivity contribution in [3.05, 3.63) is 51.7 Å². The van der Waals surface area contributed by atoms with E-state index in [0.717, 1.165) is 11.1 Å². The molecule has 0 atom stereocenters. The number of benzene rings is 1. The van der Waals surface area contributed by atoms with E-state index in [1.807, 2.05) is 13.0 Å². The summed E-state index contributed by atoms with van der Waals surface area (Å²) in [6.07, 6.45) is 1.60. The van der Waals surface area contributed by atoms with E-state index in [-0.39, 0.29) is 11.4 Å². The fourth-order valence-electron chi connectivity index (χ4n) is 1.80. The van der Waals surface area contributed by atoms with Gasteiger partial charge in [0.1, 0.15) is 0 Å². The molecule has 7 nitrogen and oxygen atoms in total. The molecule has 2 N–H and O–H groups in total. The number of nitrogens with zero attached hydrogens (tertiary/aromatic N) is 2. The molecular formula is C14H15N3O4. The van der Waals surface area contributed by atoms with Gasteiger partial charge in [0.05, 0.1) is 18.1 Å². The summed E-state index contributed by atoms with van der Waals surface area (Å²) in [5.41, 5.74) is 7.13.